The van der Waals surface area contributed by atoms with Crippen molar-refractivity contribution in [2.24, 2.45) is 5.73 Å². The van der Waals surface area contributed by atoms with Crippen molar-refractivity contribution >= 4 is 0 Å². The van der Waals surface area contributed by atoms with E-state index < -0.39 is 0 Å². The minimum absolute atomic E-state index is 0.200. The number of aryl methyl sites for hydroxylation is 1. The summed E-state index contributed by atoms with van der Waals surface area (Å²) in [5.74, 6) is 0.811. The van der Waals surface area contributed by atoms with Crippen LogP contribution in [0.2, 0.25) is 0 Å². The van der Waals surface area contributed by atoms with Crippen LogP contribution in [0.25, 0.3) is 11.3 Å². The van der Waals surface area contributed by atoms with E-state index in [2.05, 4.69) is 16.9 Å². The van der Waals surface area contributed by atoms with Gasteiger partial charge in [0.05, 0.1) is 5.69 Å². The monoisotopic (exact) mass is 259 g/mol. The molecule has 0 amide bonds. The largest absolute Gasteiger partial charge is 0.330 e. The maximum Gasteiger partial charge on any atom is 0.131 e. The molecule has 0 spiro atoms. The van der Waals surface area contributed by atoms with Crippen LogP contribution in [0.1, 0.15) is 30.7 Å². The molecular formula is C15H18FN3. The van der Waals surface area contributed by atoms with E-state index in [0.717, 1.165) is 23.5 Å². The first-order valence-electron chi connectivity index (χ1n) is 6.41. The molecular weight excluding hydrogens is 241 g/mol. The molecule has 100 valence electrons. The van der Waals surface area contributed by atoms with Gasteiger partial charge in [-0.3, -0.25) is 0 Å². The Labute approximate surface area is 112 Å². The van der Waals surface area contributed by atoms with Crippen molar-refractivity contribution < 1.29 is 4.39 Å². The van der Waals surface area contributed by atoms with E-state index in [1.807, 2.05) is 6.07 Å². The highest BCUT2D eigenvalue weighted by Crippen LogP contribution is 2.22. The Bertz CT molecular complexity index is 569. The zero-order valence-corrected chi connectivity index (χ0v) is 11.2. The minimum Gasteiger partial charge on any atom is -0.330 e. The normalized spacial score (nSPS) is 12.4. The van der Waals surface area contributed by atoms with E-state index in [1.54, 1.807) is 25.3 Å². The zero-order chi connectivity index (χ0) is 13.8. The number of benzene rings is 1. The molecule has 1 aromatic heterocycles. The lowest BCUT2D eigenvalue weighted by atomic mass is 10.1. The fraction of sp³-hybridized carbons (Fsp3) is 0.333. The molecule has 1 atom stereocenters. The van der Waals surface area contributed by atoms with Gasteiger partial charge in [0, 0.05) is 17.7 Å². The zero-order valence-electron chi connectivity index (χ0n) is 11.2. The molecule has 3 nitrogen and oxygen atoms in total. The number of hydrogen-bond acceptors (Lipinski definition) is 3. The lowest BCUT2D eigenvalue weighted by molar-refractivity contribution is 0.618. The first kappa shape index (κ1) is 13.6. The molecule has 0 fully saturated rings. The predicted octanol–water partition coefficient (Wildman–Crippen LogP) is 3.04. The summed E-state index contributed by atoms with van der Waals surface area (Å²) in [6, 6.07) is 6.85. The summed E-state index contributed by atoms with van der Waals surface area (Å²) in [6.07, 6.45) is 2.59. The third-order valence-corrected chi connectivity index (χ3v) is 3.17. The average molecular weight is 259 g/mol. The topological polar surface area (TPSA) is 51.8 Å². The molecule has 2 aromatic rings. The highest BCUT2D eigenvalue weighted by Gasteiger charge is 2.10. The first-order valence-corrected chi connectivity index (χ1v) is 6.41. The standard InChI is InChI=1S/C15H18FN3/c1-10(5-7-17)15-18-8-6-14(19-15)12-3-4-13(16)11(2)9-12/h3-4,6,8-10H,5,7,17H2,1-2H3. The summed E-state index contributed by atoms with van der Waals surface area (Å²) < 4.78 is 13.3. The summed E-state index contributed by atoms with van der Waals surface area (Å²) in [7, 11) is 0. The van der Waals surface area contributed by atoms with E-state index in [4.69, 9.17) is 5.73 Å². The number of hydrogen-bond donors (Lipinski definition) is 1. The molecule has 19 heavy (non-hydrogen) atoms. The van der Waals surface area contributed by atoms with E-state index in [1.165, 1.54) is 6.07 Å². The van der Waals surface area contributed by atoms with Crippen molar-refractivity contribution in [3.8, 4) is 11.3 Å². The predicted molar refractivity (Wildman–Crippen MR) is 74.2 cm³/mol. The van der Waals surface area contributed by atoms with E-state index in [0.29, 0.717) is 12.1 Å². The molecule has 0 aliphatic carbocycles. The number of rotatable bonds is 4. The molecule has 0 saturated carbocycles. The SMILES string of the molecule is Cc1cc(-c2ccnc(C(C)CCN)n2)ccc1F. The fourth-order valence-electron chi connectivity index (χ4n) is 1.96. The van der Waals surface area contributed by atoms with Crippen molar-refractivity contribution in [1.82, 2.24) is 9.97 Å². The van der Waals surface area contributed by atoms with Crippen LogP contribution in [0, 0.1) is 12.7 Å². The second kappa shape index (κ2) is 5.89. The summed E-state index contributed by atoms with van der Waals surface area (Å²) >= 11 is 0. The Balaban J connectivity index is 2.34. The summed E-state index contributed by atoms with van der Waals surface area (Å²) in [6.45, 7) is 4.42. The highest BCUT2D eigenvalue weighted by atomic mass is 19.1. The van der Waals surface area contributed by atoms with Crippen molar-refractivity contribution in [1.29, 1.82) is 0 Å². The Morgan fingerprint density at radius 2 is 2.11 bits per heavy atom. The number of nitrogens with two attached hydrogens (primary N) is 1. The summed E-state index contributed by atoms with van der Waals surface area (Å²) in [4.78, 5) is 8.83. The van der Waals surface area contributed by atoms with E-state index >= 15 is 0 Å². The molecule has 1 aromatic carbocycles. The van der Waals surface area contributed by atoms with Crippen molar-refractivity contribution in [2.45, 2.75) is 26.2 Å². The van der Waals surface area contributed by atoms with Crippen molar-refractivity contribution in [3.63, 3.8) is 0 Å². The van der Waals surface area contributed by atoms with Gasteiger partial charge in [-0.25, -0.2) is 14.4 Å². The van der Waals surface area contributed by atoms with Gasteiger partial charge in [0.25, 0.3) is 0 Å². The molecule has 1 heterocycles. The van der Waals surface area contributed by atoms with Gasteiger partial charge in [0.15, 0.2) is 0 Å². The van der Waals surface area contributed by atoms with Gasteiger partial charge >= 0.3 is 0 Å². The van der Waals surface area contributed by atoms with Crippen LogP contribution in [-0.4, -0.2) is 16.5 Å². The van der Waals surface area contributed by atoms with Gasteiger partial charge in [0.2, 0.25) is 0 Å². The van der Waals surface area contributed by atoms with Gasteiger partial charge in [-0.15, -0.1) is 0 Å². The van der Waals surface area contributed by atoms with Crippen molar-refractivity contribution in [3.05, 3.63) is 47.7 Å². The third-order valence-electron chi connectivity index (χ3n) is 3.17. The van der Waals surface area contributed by atoms with Crippen LogP contribution in [-0.2, 0) is 0 Å². The third kappa shape index (κ3) is 3.15. The summed E-state index contributed by atoms with van der Waals surface area (Å²) in [5, 5.41) is 0. The Kier molecular flexibility index (Phi) is 4.22. The molecule has 0 radical (unpaired) electrons. The Morgan fingerprint density at radius 1 is 1.32 bits per heavy atom. The lowest BCUT2D eigenvalue weighted by Crippen LogP contribution is -2.08. The Morgan fingerprint density at radius 3 is 2.79 bits per heavy atom. The van der Waals surface area contributed by atoms with Gasteiger partial charge in [0.1, 0.15) is 11.6 Å². The fourth-order valence-corrected chi connectivity index (χ4v) is 1.96. The molecule has 4 heteroatoms. The van der Waals surface area contributed by atoms with Gasteiger partial charge in [-0.05, 0) is 49.7 Å². The first-order chi connectivity index (χ1) is 9.11. The van der Waals surface area contributed by atoms with E-state index in [9.17, 15) is 4.39 Å². The molecule has 0 aliphatic heterocycles. The van der Waals surface area contributed by atoms with Crippen molar-refractivity contribution in [2.75, 3.05) is 6.54 Å². The maximum absolute atomic E-state index is 13.3. The molecule has 0 saturated heterocycles. The smallest absolute Gasteiger partial charge is 0.131 e. The van der Waals surface area contributed by atoms with Crippen LogP contribution in [0.15, 0.2) is 30.5 Å². The number of nitrogens with zero attached hydrogens (tertiary/aromatic N) is 2. The number of aromatic nitrogens is 2. The number of halogens is 1. The average Bonchev–Trinajstić information content (AvgIpc) is 2.42. The van der Waals surface area contributed by atoms with Gasteiger partial charge < -0.3 is 5.73 Å². The Hall–Kier alpha value is -1.81. The molecule has 0 bridgehead atoms. The summed E-state index contributed by atoms with van der Waals surface area (Å²) in [5.41, 5.74) is 7.90. The highest BCUT2D eigenvalue weighted by molar-refractivity contribution is 5.59. The minimum atomic E-state index is -0.200. The van der Waals surface area contributed by atoms with Crippen LogP contribution >= 0.6 is 0 Å². The molecule has 1 unspecified atom stereocenters. The van der Waals surface area contributed by atoms with Gasteiger partial charge in [-0.2, -0.15) is 0 Å². The maximum atomic E-state index is 13.3. The van der Waals surface area contributed by atoms with Gasteiger partial charge in [-0.1, -0.05) is 6.92 Å². The second-order valence-corrected chi connectivity index (χ2v) is 4.74. The van der Waals surface area contributed by atoms with Crippen LogP contribution in [0.5, 0.6) is 0 Å². The molecule has 2 N–H and O–H groups in total. The van der Waals surface area contributed by atoms with Crippen LogP contribution in [0.4, 0.5) is 4.39 Å². The molecule has 2 rings (SSSR count). The lowest BCUT2D eigenvalue weighted by Gasteiger charge is -2.10. The van der Waals surface area contributed by atoms with E-state index in [-0.39, 0.29) is 11.7 Å². The molecule has 0 aliphatic rings. The quantitative estimate of drug-likeness (QED) is 0.918. The van der Waals surface area contributed by atoms with Crippen LogP contribution in [0.3, 0.4) is 0 Å². The van der Waals surface area contributed by atoms with Crippen LogP contribution < -0.4 is 5.73 Å². The second-order valence-electron chi connectivity index (χ2n) is 4.74.